The number of nitrogens with zero attached hydrogens (tertiary/aromatic N) is 1. The van der Waals surface area contributed by atoms with Crippen LogP contribution in [0.5, 0.6) is 0 Å². The number of carbonyl (C=O) groups excluding carboxylic acids is 4. The van der Waals surface area contributed by atoms with Gasteiger partial charge in [-0.1, -0.05) is 36.8 Å². The summed E-state index contributed by atoms with van der Waals surface area (Å²) in [5.74, 6) is -1.58. The van der Waals surface area contributed by atoms with E-state index in [1.165, 1.54) is 12.0 Å². The number of carbonyl (C=O) groups is 4. The Morgan fingerprint density at radius 3 is 2.27 bits per heavy atom. The van der Waals surface area contributed by atoms with Crippen molar-refractivity contribution in [3.63, 3.8) is 0 Å². The maximum atomic E-state index is 13.5. The fourth-order valence-electron chi connectivity index (χ4n) is 3.17. The number of aryl methyl sites for hydroxylation is 1. The average Bonchev–Trinajstić information content (AvgIpc) is 2.72. The lowest BCUT2D eigenvalue weighted by molar-refractivity contribution is -0.146. The van der Waals surface area contributed by atoms with Crippen molar-refractivity contribution in [3.05, 3.63) is 35.4 Å². The molecule has 1 aromatic rings. The first-order valence-corrected chi connectivity index (χ1v) is 11.0. The summed E-state index contributed by atoms with van der Waals surface area (Å²) in [6.07, 6.45) is -0.160. The fraction of sp³-hybridized carbons (Fsp3) is 0.583. The lowest BCUT2D eigenvalue weighted by atomic mass is 9.98. The number of hydrogen-bond donors (Lipinski definition) is 2. The molecule has 0 aliphatic carbocycles. The summed E-state index contributed by atoms with van der Waals surface area (Å²) in [6.45, 7) is 12.0. The maximum absolute atomic E-state index is 13.5. The molecule has 0 aliphatic heterocycles. The van der Waals surface area contributed by atoms with Crippen molar-refractivity contribution in [1.82, 2.24) is 15.5 Å². The molecule has 3 amide bonds. The number of rotatable bonds is 9. The molecule has 33 heavy (non-hydrogen) atoms. The number of ether oxygens (including phenoxy) is 2. The Morgan fingerprint density at radius 1 is 1.12 bits per heavy atom. The van der Waals surface area contributed by atoms with Gasteiger partial charge in [0.05, 0.1) is 7.11 Å². The zero-order valence-corrected chi connectivity index (χ0v) is 20.9. The molecule has 0 saturated carbocycles. The number of nitrogens with one attached hydrogen (secondary N) is 2. The Bertz CT molecular complexity index is 849. The Morgan fingerprint density at radius 2 is 1.76 bits per heavy atom. The first kappa shape index (κ1) is 27.9. The van der Waals surface area contributed by atoms with E-state index in [-0.39, 0.29) is 12.6 Å². The lowest BCUT2D eigenvalue weighted by Crippen LogP contribution is -2.54. The monoisotopic (exact) mass is 463 g/mol. The highest BCUT2D eigenvalue weighted by atomic mass is 16.6. The number of esters is 1. The molecule has 9 heteroatoms. The Balaban J connectivity index is 3.33. The molecule has 0 spiro atoms. The normalized spacial score (nSPS) is 13.8. The highest BCUT2D eigenvalue weighted by Crippen LogP contribution is 2.26. The van der Waals surface area contributed by atoms with Gasteiger partial charge in [0, 0.05) is 6.04 Å². The molecule has 0 radical (unpaired) electrons. The minimum Gasteiger partial charge on any atom is -0.468 e. The molecule has 184 valence electrons. The van der Waals surface area contributed by atoms with Crippen molar-refractivity contribution in [3.8, 4) is 0 Å². The van der Waals surface area contributed by atoms with Gasteiger partial charge in [-0.05, 0) is 53.5 Å². The Hall–Kier alpha value is -3.10. The number of methoxy groups -OCH3 is 1. The van der Waals surface area contributed by atoms with Crippen LogP contribution in [0.3, 0.4) is 0 Å². The van der Waals surface area contributed by atoms with Crippen LogP contribution in [0.2, 0.25) is 0 Å². The Kier molecular flexibility index (Phi) is 10.3. The van der Waals surface area contributed by atoms with Gasteiger partial charge in [-0.15, -0.1) is 0 Å². The summed E-state index contributed by atoms with van der Waals surface area (Å²) in [5, 5.41) is 5.11. The average molecular weight is 464 g/mol. The van der Waals surface area contributed by atoms with Crippen molar-refractivity contribution >= 4 is 23.9 Å². The quantitative estimate of drug-likeness (QED) is 0.545. The molecule has 1 rings (SSSR count). The molecular weight excluding hydrogens is 426 g/mol. The van der Waals surface area contributed by atoms with Crippen LogP contribution in [0.15, 0.2) is 24.3 Å². The first-order valence-electron chi connectivity index (χ1n) is 11.0. The maximum Gasteiger partial charge on any atom is 0.408 e. The van der Waals surface area contributed by atoms with Crippen LogP contribution in [-0.4, -0.2) is 60.1 Å². The van der Waals surface area contributed by atoms with Crippen LogP contribution in [-0.2, 0) is 23.9 Å². The van der Waals surface area contributed by atoms with Gasteiger partial charge in [0.25, 0.3) is 0 Å². The predicted molar refractivity (Wildman–Crippen MR) is 124 cm³/mol. The van der Waals surface area contributed by atoms with Crippen molar-refractivity contribution in [1.29, 1.82) is 0 Å². The molecule has 1 aromatic carbocycles. The van der Waals surface area contributed by atoms with Crippen LogP contribution >= 0.6 is 0 Å². The van der Waals surface area contributed by atoms with E-state index in [1.54, 1.807) is 39.8 Å². The van der Waals surface area contributed by atoms with E-state index >= 15 is 0 Å². The van der Waals surface area contributed by atoms with Crippen LogP contribution in [0.4, 0.5) is 4.79 Å². The highest BCUT2D eigenvalue weighted by Gasteiger charge is 2.37. The van der Waals surface area contributed by atoms with E-state index in [4.69, 9.17) is 4.74 Å². The fourth-order valence-corrected chi connectivity index (χ4v) is 3.17. The molecule has 9 nitrogen and oxygen atoms in total. The third-order valence-corrected chi connectivity index (χ3v) is 4.94. The van der Waals surface area contributed by atoms with E-state index in [2.05, 4.69) is 15.4 Å². The van der Waals surface area contributed by atoms with Crippen LogP contribution in [0.25, 0.3) is 0 Å². The smallest absolute Gasteiger partial charge is 0.408 e. The third-order valence-electron chi connectivity index (χ3n) is 4.94. The molecule has 3 atom stereocenters. The van der Waals surface area contributed by atoms with Gasteiger partial charge in [-0.25, -0.2) is 4.79 Å². The number of amides is 3. The van der Waals surface area contributed by atoms with Gasteiger partial charge >= 0.3 is 12.1 Å². The van der Waals surface area contributed by atoms with E-state index in [0.717, 1.165) is 5.56 Å². The predicted octanol–water partition coefficient (Wildman–Crippen LogP) is 2.87. The standard InChI is InChI=1S/C24H37N3O6/c1-9-16(3)27(22(30)17(4)26-23(31)33-24(5,6)7)20(18-12-10-11-15(2)13-18)21(29)25-14-19(28)32-8/h10-13,16-17,20H,9,14H2,1-8H3,(H,25,29)(H,26,31). The van der Waals surface area contributed by atoms with Gasteiger partial charge in [-0.2, -0.15) is 0 Å². The summed E-state index contributed by atoms with van der Waals surface area (Å²) in [5.41, 5.74) is 0.784. The minimum absolute atomic E-state index is 0.327. The van der Waals surface area contributed by atoms with Crippen LogP contribution in [0, 0.1) is 6.92 Å². The number of hydrogen-bond acceptors (Lipinski definition) is 6. The van der Waals surface area contributed by atoms with E-state index < -0.39 is 41.6 Å². The van der Waals surface area contributed by atoms with Gasteiger partial charge in [-0.3, -0.25) is 14.4 Å². The molecular formula is C24H37N3O6. The van der Waals surface area contributed by atoms with Gasteiger partial charge in [0.1, 0.15) is 24.2 Å². The van der Waals surface area contributed by atoms with Crippen LogP contribution < -0.4 is 10.6 Å². The molecule has 0 aromatic heterocycles. The topological polar surface area (TPSA) is 114 Å². The zero-order valence-electron chi connectivity index (χ0n) is 20.9. The second kappa shape index (κ2) is 12.2. The summed E-state index contributed by atoms with van der Waals surface area (Å²) in [7, 11) is 1.23. The SMILES string of the molecule is CCC(C)N(C(=O)C(C)NC(=O)OC(C)(C)C)C(C(=O)NCC(=O)OC)c1cccc(C)c1. The summed E-state index contributed by atoms with van der Waals surface area (Å²) in [6, 6.07) is 4.95. The van der Waals surface area contributed by atoms with E-state index in [9.17, 15) is 19.2 Å². The molecule has 0 aliphatic rings. The zero-order chi connectivity index (χ0) is 25.3. The molecule has 0 saturated heterocycles. The molecule has 3 unspecified atom stereocenters. The van der Waals surface area contributed by atoms with Gasteiger partial charge in [0.2, 0.25) is 11.8 Å². The second-order valence-electron chi connectivity index (χ2n) is 8.98. The molecule has 2 N–H and O–H groups in total. The minimum atomic E-state index is -1.01. The first-order chi connectivity index (χ1) is 15.3. The number of alkyl carbamates (subject to hydrolysis) is 1. The lowest BCUT2D eigenvalue weighted by Gasteiger charge is -2.37. The molecule has 0 heterocycles. The summed E-state index contributed by atoms with van der Waals surface area (Å²) in [4.78, 5) is 52.0. The van der Waals surface area contributed by atoms with Crippen molar-refractivity contribution < 1.29 is 28.7 Å². The van der Waals surface area contributed by atoms with Crippen LogP contribution in [0.1, 0.15) is 65.1 Å². The van der Waals surface area contributed by atoms with Crippen molar-refractivity contribution in [2.75, 3.05) is 13.7 Å². The summed E-state index contributed by atoms with van der Waals surface area (Å²) < 4.78 is 9.87. The summed E-state index contributed by atoms with van der Waals surface area (Å²) >= 11 is 0. The third kappa shape index (κ3) is 8.75. The second-order valence-corrected chi connectivity index (χ2v) is 8.98. The van der Waals surface area contributed by atoms with Gasteiger partial charge < -0.3 is 25.0 Å². The largest absolute Gasteiger partial charge is 0.468 e. The van der Waals surface area contributed by atoms with Crippen molar-refractivity contribution in [2.24, 2.45) is 0 Å². The van der Waals surface area contributed by atoms with E-state index in [0.29, 0.717) is 12.0 Å². The van der Waals surface area contributed by atoms with E-state index in [1.807, 2.05) is 32.9 Å². The molecule has 0 fully saturated rings. The molecule has 0 bridgehead atoms. The van der Waals surface area contributed by atoms with Crippen molar-refractivity contribution in [2.45, 2.75) is 78.6 Å². The Labute approximate surface area is 196 Å². The highest BCUT2D eigenvalue weighted by molar-refractivity contribution is 5.93. The number of benzene rings is 1. The van der Waals surface area contributed by atoms with Gasteiger partial charge in [0.15, 0.2) is 0 Å².